The Labute approximate surface area is 180 Å². The number of amides is 1. The van der Waals surface area contributed by atoms with Crippen molar-refractivity contribution in [3.05, 3.63) is 58.8 Å². The van der Waals surface area contributed by atoms with Crippen LogP contribution in [0.2, 0.25) is 5.02 Å². The number of hydrogen-bond acceptors (Lipinski definition) is 4. The summed E-state index contributed by atoms with van der Waals surface area (Å²) in [5, 5.41) is 4.12. The number of carbonyl (C=O) groups is 1. The number of halogens is 1. The molecule has 0 radical (unpaired) electrons. The number of carbonyl (C=O) groups excluding carboxylic acids is 1. The summed E-state index contributed by atoms with van der Waals surface area (Å²) in [6.07, 6.45) is 3.89. The van der Waals surface area contributed by atoms with Crippen LogP contribution >= 0.6 is 11.6 Å². The van der Waals surface area contributed by atoms with E-state index in [0.29, 0.717) is 34.9 Å². The van der Waals surface area contributed by atoms with Gasteiger partial charge in [-0.1, -0.05) is 24.4 Å². The molecular weight excluding hydrogens is 424 g/mol. The molecule has 3 aromatic rings. The first kappa shape index (κ1) is 20.9. The maximum atomic E-state index is 12.9. The van der Waals surface area contributed by atoms with Crippen LogP contribution in [0.5, 0.6) is 0 Å². The zero-order valence-corrected chi connectivity index (χ0v) is 18.2. The number of sulfonamides is 1. The van der Waals surface area contributed by atoms with Gasteiger partial charge in [-0.15, -0.1) is 0 Å². The predicted molar refractivity (Wildman–Crippen MR) is 118 cm³/mol. The highest BCUT2D eigenvalue weighted by Gasteiger charge is 2.25. The highest BCUT2D eigenvalue weighted by Crippen LogP contribution is 2.29. The van der Waals surface area contributed by atoms with E-state index < -0.39 is 15.9 Å². The van der Waals surface area contributed by atoms with Gasteiger partial charge in [-0.2, -0.15) is 4.31 Å². The van der Waals surface area contributed by atoms with E-state index in [2.05, 4.69) is 5.32 Å². The molecule has 0 spiro atoms. The fraction of sp³-hybridized carbons (Fsp3) is 0.318. The number of anilines is 1. The van der Waals surface area contributed by atoms with Gasteiger partial charge in [-0.3, -0.25) is 4.79 Å². The minimum Gasteiger partial charge on any atom is -0.451 e. The summed E-state index contributed by atoms with van der Waals surface area (Å²) in [5.41, 5.74) is 1.78. The van der Waals surface area contributed by atoms with Crippen molar-refractivity contribution in [2.75, 3.05) is 18.4 Å². The third-order valence-electron chi connectivity index (χ3n) is 5.42. The Bertz CT molecular complexity index is 1180. The van der Waals surface area contributed by atoms with E-state index >= 15 is 0 Å². The van der Waals surface area contributed by atoms with Crippen molar-refractivity contribution in [2.24, 2.45) is 0 Å². The van der Waals surface area contributed by atoms with Gasteiger partial charge in [-0.25, -0.2) is 8.42 Å². The van der Waals surface area contributed by atoms with Crippen molar-refractivity contribution in [3.63, 3.8) is 0 Å². The third kappa shape index (κ3) is 4.10. The lowest BCUT2D eigenvalue weighted by molar-refractivity contribution is 0.0998. The number of benzene rings is 2. The van der Waals surface area contributed by atoms with Crippen molar-refractivity contribution < 1.29 is 17.6 Å². The van der Waals surface area contributed by atoms with Crippen LogP contribution < -0.4 is 5.32 Å². The molecule has 158 valence electrons. The summed E-state index contributed by atoms with van der Waals surface area (Å²) in [4.78, 5) is 12.9. The Morgan fingerprint density at radius 3 is 2.37 bits per heavy atom. The van der Waals surface area contributed by atoms with Crippen LogP contribution in [0.3, 0.4) is 0 Å². The number of furan rings is 1. The van der Waals surface area contributed by atoms with Crippen LogP contribution in [0, 0.1) is 6.92 Å². The second kappa shape index (κ2) is 8.41. The fourth-order valence-corrected chi connectivity index (χ4v) is 5.43. The number of aryl methyl sites for hydroxylation is 1. The predicted octanol–water partition coefficient (Wildman–Crippen LogP) is 5.21. The number of nitrogens with zero attached hydrogens (tertiary/aromatic N) is 1. The fourth-order valence-electron chi connectivity index (χ4n) is 3.74. The van der Waals surface area contributed by atoms with E-state index in [0.717, 1.165) is 31.1 Å². The van der Waals surface area contributed by atoms with E-state index in [1.54, 1.807) is 41.6 Å². The quantitative estimate of drug-likeness (QED) is 0.596. The average molecular weight is 447 g/mol. The molecule has 8 heteroatoms. The minimum atomic E-state index is -3.52. The van der Waals surface area contributed by atoms with Crippen LogP contribution in [0.1, 0.15) is 41.8 Å². The topological polar surface area (TPSA) is 79.6 Å². The van der Waals surface area contributed by atoms with Gasteiger partial charge in [0, 0.05) is 34.7 Å². The largest absolute Gasteiger partial charge is 0.451 e. The maximum Gasteiger partial charge on any atom is 0.291 e. The number of rotatable bonds is 4. The maximum absolute atomic E-state index is 12.9. The summed E-state index contributed by atoms with van der Waals surface area (Å²) in [6.45, 7) is 2.90. The van der Waals surface area contributed by atoms with Gasteiger partial charge in [0.2, 0.25) is 10.0 Å². The van der Waals surface area contributed by atoms with Gasteiger partial charge in [0.1, 0.15) is 5.58 Å². The van der Waals surface area contributed by atoms with Gasteiger partial charge < -0.3 is 9.73 Å². The Balaban J connectivity index is 1.52. The zero-order valence-electron chi connectivity index (χ0n) is 16.7. The Kier molecular flexibility index (Phi) is 5.86. The third-order valence-corrected chi connectivity index (χ3v) is 7.57. The molecule has 1 saturated heterocycles. The van der Waals surface area contributed by atoms with E-state index in [9.17, 15) is 13.2 Å². The molecule has 1 N–H and O–H groups in total. The van der Waals surface area contributed by atoms with Gasteiger partial charge in [-0.05, 0) is 62.2 Å². The molecule has 1 amide bonds. The molecular formula is C22H23ClN2O4S. The summed E-state index contributed by atoms with van der Waals surface area (Å²) in [7, 11) is -3.52. The number of fused-ring (bicyclic) bond motifs is 1. The summed E-state index contributed by atoms with van der Waals surface area (Å²) in [5.74, 6) is -0.198. The summed E-state index contributed by atoms with van der Waals surface area (Å²) in [6, 6.07) is 11.4. The van der Waals surface area contributed by atoms with Crippen molar-refractivity contribution >= 4 is 44.2 Å². The smallest absolute Gasteiger partial charge is 0.291 e. The molecule has 1 aliphatic rings. The van der Waals surface area contributed by atoms with Crippen LogP contribution in [-0.4, -0.2) is 31.7 Å². The van der Waals surface area contributed by atoms with Crippen molar-refractivity contribution in [1.29, 1.82) is 0 Å². The lowest BCUT2D eigenvalue weighted by atomic mass is 10.1. The van der Waals surface area contributed by atoms with E-state index in [4.69, 9.17) is 16.0 Å². The SMILES string of the molecule is Cc1c(C(=O)Nc2ccc(S(=O)(=O)N3CCCCCC3)cc2)oc2ccc(Cl)cc12. The van der Waals surface area contributed by atoms with E-state index in [1.807, 2.05) is 0 Å². The highest BCUT2D eigenvalue weighted by molar-refractivity contribution is 7.89. The first-order chi connectivity index (χ1) is 14.4. The van der Waals surface area contributed by atoms with Crippen LogP contribution in [0.15, 0.2) is 51.8 Å². The summed E-state index contributed by atoms with van der Waals surface area (Å²) < 4.78 is 33.0. The molecule has 0 atom stereocenters. The Morgan fingerprint density at radius 1 is 1.03 bits per heavy atom. The monoisotopic (exact) mass is 446 g/mol. The van der Waals surface area contributed by atoms with Crippen molar-refractivity contribution in [3.8, 4) is 0 Å². The Hall–Kier alpha value is -2.35. The average Bonchev–Trinajstić information content (AvgIpc) is 2.89. The second-order valence-electron chi connectivity index (χ2n) is 7.49. The molecule has 30 heavy (non-hydrogen) atoms. The Morgan fingerprint density at radius 2 is 1.70 bits per heavy atom. The number of hydrogen-bond donors (Lipinski definition) is 1. The molecule has 2 heterocycles. The molecule has 1 aliphatic heterocycles. The lowest BCUT2D eigenvalue weighted by Crippen LogP contribution is -2.31. The standard InChI is InChI=1S/C22H23ClN2O4S/c1-15-19-14-16(23)6-11-20(19)29-21(15)22(26)24-17-7-9-18(10-8-17)30(27,28)25-12-4-2-3-5-13-25/h6-11,14H,2-5,12-13H2,1H3,(H,24,26). The van der Waals surface area contributed by atoms with Crippen LogP contribution in [0.25, 0.3) is 11.0 Å². The lowest BCUT2D eigenvalue weighted by Gasteiger charge is -2.20. The molecule has 6 nitrogen and oxygen atoms in total. The molecule has 0 bridgehead atoms. The van der Waals surface area contributed by atoms with Crippen molar-refractivity contribution in [1.82, 2.24) is 4.31 Å². The van der Waals surface area contributed by atoms with Gasteiger partial charge in [0.25, 0.3) is 5.91 Å². The molecule has 1 fully saturated rings. The van der Waals surface area contributed by atoms with Gasteiger partial charge in [0.05, 0.1) is 4.90 Å². The molecule has 0 unspecified atom stereocenters. The van der Waals surface area contributed by atoms with Crippen LogP contribution in [-0.2, 0) is 10.0 Å². The zero-order chi connectivity index (χ0) is 21.3. The normalized spacial score (nSPS) is 15.8. The minimum absolute atomic E-state index is 0.202. The van der Waals surface area contributed by atoms with E-state index in [-0.39, 0.29) is 10.7 Å². The number of nitrogens with one attached hydrogen (secondary N) is 1. The first-order valence-electron chi connectivity index (χ1n) is 9.96. The highest BCUT2D eigenvalue weighted by atomic mass is 35.5. The summed E-state index contributed by atoms with van der Waals surface area (Å²) >= 11 is 6.03. The molecule has 1 aromatic heterocycles. The van der Waals surface area contributed by atoms with Crippen molar-refractivity contribution in [2.45, 2.75) is 37.5 Å². The molecule has 0 aliphatic carbocycles. The second-order valence-corrected chi connectivity index (χ2v) is 9.87. The molecule has 2 aromatic carbocycles. The molecule has 4 rings (SSSR count). The van der Waals surface area contributed by atoms with Crippen LogP contribution in [0.4, 0.5) is 5.69 Å². The van der Waals surface area contributed by atoms with Gasteiger partial charge in [0.15, 0.2) is 5.76 Å². The van der Waals surface area contributed by atoms with Gasteiger partial charge >= 0.3 is 0 Å². The van der Waals surface area contributed by atoms with E-state index in [1.165, 1.54) is 12.1 Å². The molecule has 0 saturated carbocycles. The first-order valence-corrected chi connectivity index (χ1v) is 11.8.